The molecule has 1 amide bonds. The monoisotopic (exact) mass is 249 g/mol. The van der Waals surface area contributed by atoms with Crippen LogP contribution in [0.3, 0.4) is 0 Å². The third-order valence-corrected chi connectivity index (χ3v) is 2.62. The summed E-state index contributed by atoms with van der Waals surface area (Å²) in [6, 6.07) is 0. The predicted molar refractivity (Wildman–Crippen MR) is 67.8 cm³/mol. The van der Waals surface area contributed by atoms with E-state index in [1.54, 1.807) is 0 Å². The minimum absolute atomic E-state index is 0.0477. The number of halogens is 1. The quantitative estimate of drug-likeness (QED) is 0.556. The minimum atomic E-state index is -0.259. The Morgan fingerprint density at radius 1 is 1.44 bits per heavy atom. The first kappa shape index (κ1) is 15.7. The maximum absolute atomic E-state index is 11.3. The Bertz CT molecular complexity index is 202. The van der Waals surface area contributed by atoms with Crippen LogP contribution in [0.4, 0.5) is 0 Å². The maximum Gasteiger partial charge on any atom is 0.246 e. The van der Waals surface area contributed by atoms with Crippen molar-refractivity contribution >= 4 is 17.5 Å². The number of hydrogen-bond acceptors (Lipinski definition) is 2. The SMILES string of the molecule is CC(CCl)CCCNC(=O)COC(C)(C)C. The Hall–Kier alpha value is -0.280. The van der Waals surface area contributed by atoms with Gasteiger partial charge in [-0.2, -0.15) is 0 Å². The van der Waals surface area contributed by atoms with Gasteiger partial charge in [0, 0.05) is 12.4 Å². The third-order valence-electron chi connectivity index (χ3n) is 2.10. The molecule has 0 spiro atoms. The van der Waals surface area contributed by atoms with Gasteiger partial charge in [0.25, 0.3) is 0 Å². The van der Waals surface area contributed by atoms with Gasteiger partial charge in [-0.15, -0.1) is 11.6 Å². The van der Waals surface area contributed by atoms with Crippen LogP contribution in [-0.4, -0.2) is 30.5 Å². The van der Waals surface area contributed by atoms with Crippen molar-refractivity contribution in [1.82, 2.24) is 5.32 Å². The second-order valence-corrected chi connectivity index (χ2v) is 5.46. The summed E-state index contributed by atoms with van der Waals surface area (Å²) in [5, 5.41) is 2.83. The molecule has 1 N–H and O–H groups in total. The highest BCUT2D eigenvalue weighted by molar-refractivity contribution is 6.18. The molecule has 0 aromatic rings. The van der Waals surface area contributed by atoms with Gasteiger partial charge in [-0.05, 0) is 39.5 Å². The Balaban J connectivity index is 3.45. The van der Waals surface area contributed by atoms with Crippen LogP contribution >= 0.6 is 11.6 Å². The lowest BCUT2D eigenvalue weighted by molar-refractivity contribution is -0.130. The second kappa shape index (κ2) is 7.91. The Morgan fingerprint density at radius 2 is 2.06 bits per heavy atom. The molecular weight excluding hydrogens is 226 g/mol. The summed E-state index contributed by atoms with van der Waals surface area (Å²) >= 11 is 5.69. The van der Waals surface area contributed by atoms with Gasteiger partial charge in [-0.3, -0.25) is 4.79 Å². The number of alkyl halides is 1. The molecular formula is C12H24ClNO2. The van der Waals surface area contributed by atoms with Crippen molar-refractivity contribution in [3.8, 4) is 0 Å². The van der Waals surface area contributed by atoms with Crippen LogP contribution in [0.2, 0.25) is 0 Å². The third kappa shape index (κ3) is 10.2. The molecule has 0 aromatic heterocycles. The highest BCUT2D eigenvalue weighted by Crippen LogP contribution is 2.07. The van der Waals surface area contributed by atoms with Crippen LogP contribution in [0.5, 0.6) is 0 Å². The number of amides is 1. The van der Waals surface area contributed by atoms with Gasteiger partial charge in [0.15, 0.2) is 0 Å². The van der Waals surface area contributed by atoms with E-state index in [2.05, 4.69) is 12.2 Å². The molecule has 1 atom stereocenters. The highest BCUT2D eigenvalue weighted by atomic mass is 35.5. The van der Waals surface area contributed by atoms with Crippen molar-refractivity contribution < 1.29 is 9.53 Å². The predicted octanol–water partition coefficient (Wildman–Crippen LogP) is 2.57. The van der Waals surface area contributed by atoms with Gasteiger partial charge < -0.3 is 10.1 Å². The lowest BCUT2D eigenvalue weighted by atomic mass is 10.1. The first-order valence-corrected chi connectivity index (χ1v) is 6.35. The van der Waals surface area contributed by atoms with Gasteiger partial charge >= 0.3 is 0 Å². The first-order chi connectivity index (χ1) is 7.35. The standard InChI is InChI=1S/C12H24ClNO2/c1-10(8-13)6-5-7-14-11(15)9-16-12(2,3)4/h10H,5-9H2,1-4H3,(H,14,15). The molecule has 0 rings (SSSR count). The smallest absolute Gasteiger partial charge is 0.246 e. The average Bonchev–Trinajstić information content (AvgIpc) is 2.20. The van der Waals surface area contributed by atoms with Gasteiger partial charge in [-0.1, -0.05) is 6.92 Å². The summed E-state index contributed by atoms with van der Waals surface area (Å²) in [5.74, 6) is 1.15. The summed E-state index contributed by atoms with van der Waals surface area (Å²) in [4.78, 5) is 11.3. The molecule has 0 aromatic carbocycles. The highest BCUT2D eigenvalue weighted by Gasteiger charge is 2.12. The first-order valence-electron chi connectivity index (χ1n) is 5.82. The molecule has 0 radical (unpaired) electrons. The van der Waals surface area contributed by atoms with E-state index in [4.69, 9.17) is 16.3 Å². The number of hydrogen-bond donors (Lipinski definition) is 1. The Labute approximate surface area is 104 Å². The van der Waals surface area contributed by atoms with Gasteiger partial charge in [0.1, 0.15) is 6.61 Å². The summed E-state index contributed by atoms with van der Waals surface area (Å²) in [7, 11) is 0. The molecule has 4 heteroatoms. The van der Waals surface area contributed by atoms with Crippen LogP contribution < -0.4 is 5.32 Å². The molecule has 16 heavy (non-hydrogen) atoms. The van der Waals surface area contributed by atoms with Crippen molar-refractivity contribution in [3.05, 3.63) is 0 Å². The fourth-order valence-corrected chi connectivity index (χ4v) is 1.24. The summed E-state index contributed by atoms with van der Waals surface area (Å²) in [5.41, 5.74) is -0.259. The van der Waals surface area contributed by atoms with E-state index >= 15 is 0 Å². The zero-order chi connectivity index (χ0) is 12.6. The van der Waals surface area contributed by atoms with Crippen molar-refractivity contribution in [2.24, 2.45) is 5.92 Å². The average molecular weight is 250 g/mol. The molecule has 0 aliphatic heterocycles. The second-order valence-electron chi connectivity index (χ2n) is 5.15. The molecule has 96 valence electrons. The van der Waals surface area contributed by atoms with Crippen LogP contribution in [0.1, 0.15) is 40.5 Å². The number of nitrogens with one attached hydrogen (secondary N) is 1. The molecule has 3 nitrogen and oxygen atoms in total. The molecule has 0 saturated heterocycles. The van der Waals surface area contributed by atoms with Gasteiger partial charge in [0.05, 0.1) is 5.60 Å². The fourth-order valence-electron chi connectivity index (χ4n) is 1.09. The Morgan fingerprint density at radius 3 is 2.56 bits per heavy atom. The van der Waals surface area contributed by atoms with E-state index in [-0.39, 0.29) is 18.1 Å². The molecule has 0 heterocycles. The van der Waals surface area contributed by atoms with Crippen LogP contribution in [0, 0.1) is 5.92 Å². The zero-order valence-corrected chi connectivity index (χ0v) is 11.6. The topological polar surface area (TPSA) is 38.3 Å². The van der Waals surface area contributed by atoms with Crippen molar-refractivity contribution in [2.45, 2.75) is 46.1 Å². The normalized spacial score (nSPS) is 13.6. The molecule has 0 aliphatic rings. The lowest BCUT2D eigenvalue weighted by Crippen LogP contribution is -2.32. The van der Waals surface area contributed by atoms with Crippen LogP contribution in [-0.2, 0) is 9.53 Å². The summed E-state index contributed by atoms with van der Waals surface area (Å²) in [6.45, 7) is 8.74. The number of carbonyl (C=O) groups excluding carboxylic acids is 1. The van der Waals surface area contributed by atoms with Crippen LogP contribution in [0.15, 0.2) is 0 Å². The van der Waals surface area contributed by atoms with Gasteiger partial charge in [-0.25, -0.2) is 0 Å². The summed E-state index contributed by atoms with van der Waals surface area (Å²) in [6.07, 6.45) is 2.01. The van der Waals surface area contributed by atoms with Gasteiger partial charge in [0.2, 0.25) is 5.91 Å². The van der Waals surface area contributed by atoms with E-state index in [1.807, 2.05) is 20.8 Å². The van der Waals surface area contributed by atoms with E-state index in [0.29, 0.717) is 18.3 Å². The number of carbonyl (C=O) groups is 1. The van der Waals surface area contributed by atoms with Crippen LogP contribution in [0.25, 0.3) is 0 Å². The lowest BCUT2D eigenvalue weighted by Gasteiger charge is -2.19. The molecule has 0 saturated carbocycles. The fraction of sp³-hybridized carbons (Fsp3) is 0.917. The largest absolute Gasteiger partial charge is 0.366 e. The molecule has 0 aliphatic carbocycles. The molecule has 0 fully saturated rings. The minimum Gasteiger partial charge on any atom is -0.366 e. The van der Waals surface area contributed by atoms with E-state index in [0.717, 1.165) is 12.8 Å². The van der Waals surface area contributed by atoms with Crippen molar-refractivity contribution in [1.29, 1.82) is 0 Å². The number of ether oxygens (including phenoxy) is 1. The van der Waals surface area contributed by atoms with E-state index in [9.17, 15) is 4.79 Å². The zero-order valence-electron chi connectivity index (χ0n) is 10.8. The van der Waals surface area contributed by atoms with E-state index in [1.165, 1.54) is 0 Å². The van der Waals surface area contributed by atoms with Crippen molar-refractivity contribution in [2.75, 3.05) is 19.0 Å². The van der Waals surface area contributed by atoms with Crippen molar-refractivity contribution in [3.63, 3.8) is 0 Å². The van der Waals surface area contributed by atoms with E-state index < -0.39 is 0 Å². The maximum atomic E-state index is 11.3. The molecule has 1 unspecified atom stereocenters. The number of rotatable bonds is 7. The Kier molecular flexibility index (Phi) is 7.77. The summed E-state index contributed by atoms with van der Waals surface area (Å²) < 4.78 is 5.36. The molecule has 0 bridgehead atoms.